The molecule has 2 heterocycles. The molecule has 6 nitrogen and oxygen atoms in total. The van der Waals surface area contributed by atoms with Crippen LogP contribution in [-0.2, 0) is 4.79 Å². The molecule has 0 spiro atoms. The Labute approximate surface area is 93.2 Å². The fourth-order valence-electron chi connectivity index (χ4n) is 1.68. The summed E-state index contributed by atoms with van der Waals surface area (Å²) in [5.74, 6) is 0.223. The van der Waals surface area contributed by atoms with E-state index in [4.69, 9.17) is 5.73 Å². The van der Waals surface area contributed by atoms with Crippen LogP contribution in [0.15, 0.2) is 23.7 Å². The topological polar surface area (TPSA) is 84.5 Å². The Hall–Kier alpha value is -1.82. The van der Waals surface area contributed by atoms with Gasteiger partial charge in [-0.3, -0.25) is 4.79 Å². The number of hydrogen-bond acceptors (Lipinski definition) is 5. The SMILES string of the molecule is CC1=NN(c2ccncn2)C(=O)C1CCN. The molecule has 1 atom stereocenters. The van der Waals surface area contributed by atoms with E-state index >= 15 is 0 Å². The van der Waals surface area contributed by atoms with Gasteiger partial charge in [-0.15, -0.1) is 0 Å². The molecule has 84 valence electrons. The monoisotopic (exact) mass is 219 g/mol. The summed E-state index contributed by atoms with van der Waals surface area (Å²) in [7, 11) is 0. The number of anilines is 1. The Morgan fingerprint density at radius 2 is 2.38 bits per heavy atom. The highest BCUT2D eigenvalue weighted by Gasteiger charge is 2.34. The van der Waals surface area contributed by atoms with Crippen molar-refractivity contribution < 1.29 is 4.79 Å². The van der Waals surface area contributed by atoms with Gasteiger partial charge >= 0.3 is 0 Å². The van der Waals surface area contributed by atoms with Crippen LogP contribution in [0.1, 0.15) is 13.3 Å². The average Bonchev–Trinajstić information content (AvgIpc) is 2.59. The van der Waals surface area contributed by atoms with E-state index < -0.39 is 0 Å². The fraction of sp³-hybridized carbons (Fsp3) is 0.400. The second-order valence-electron chi connectivity index (χ2n) is 3.59. The van der Waals surface area contributed by atoms with Crippen molar-refractivity contribution in [1.82, 2.24) is 9.97 Å². The van der Waals surface area contributed by atoms with E-state index in [1.807, 2.05) is 6.92 Å². The van der Waals surface area contributed by atoms with Gasteiger partial charge in [0.05, 0.1) is 5.92 Å². The molecule has 1 aliphatic heterocycles. The van der Waals surface area contributed by atoms with Crippen LogP contribution in [0.25, 0.3) is 0 Å². The minimum absolute atomic E-state index is 0.0679. The summed E-state index contributed by atoms with van der Waals surface area (Å²) >= 11 is 0. The predicted octanol–water partition coefficient (Wildman–Crippen LogP) is 0.164. The number of hydrazone groups is 1. The highest BCUT2D eigenvalue weighted by Crippen LogP contribution is 2.22. The first-order chi connectivity index (χ1) is 7.74. The Balaban J connectivity index is 2.24. The van der Waals surface area contributed by atoms with Gasteiger partial charge in [-0.25, -0.2) is 9.97 Å². The van der Waals surface area contributed by atoms with Gasteiger partial charge in [0, 0.05) is 18.0 Å². The summed E-state index contributed by atoms with van der Waals surface area (Å²) < 4.78 is 0. The van der Waals surface area contributed by atoms with E-state index in [2.05, 4.69) is 15.1 Å². The third kappa shape index (κ3) is 1.79. The minimum Gasteiger partial charge on any atom is -0.330 e. The smallest absolute Gasteiger partial charge is 0.257 e. The average molecular weight is 219 g/mol. The van der Waals surface area contributed by atoms with Gasteiger partial charge in [0.2, 0.25) is 0 Å². The van der Waals surface area contributed by atoms with Crippen LogP contribution in [0.2, 0.25) is 0 Å². The second-order valence-corrected chi connectivity index (χ2v) is 3.59. The number of carbonyl (C=O) groups excluding carboxylic acids is 1. The lowest BCUT2D eigenvalue weighted by Gasteiger charge is -2.12. The van der Waals surface area contributed by atoms with Crippen molar-refractivity contribution in [2.24, 2.45) is 16.8 Å². The van der Waals surface area contributed by atoms with Gasteiger partial charge in [-0.1, -0.05) is 0 Å². The van der Waals surface area contributed by atoms with E-state index in [0.29, 0.717) is 18.8 Å². The maximum Gasteiger partial charge on any atom is 0.257 e. The van der Waals surface area contributed by atoms with Crippen LogP contribution < -0.4 is 10.7 Å². The van der Waals surface area contributed by atoms with Gasteiger partial charge in [0.25, 0.3) is 5.91 Å². The van der Waals surface area contributed by atoms with Crippen molar-refractivity contribution in [1.29, 1.82) is 0 Å². The summed E-state index contributed by atoms with van der Waals surface area (Å²) in [5, 5.41) is 5.51. The van der Waals surface area contributed by atoms with E-state index in [9.17, 15) is 4.79 Å². The molecule has 0 aromatic carbocycles. The van der Waals surface area contributed by atoms with Crippen LogP contribution in [0, 0.1) is 5.92 Å². The molecule has 0 saturated carbocycles. The Morgan fingerprint density at radius 1 is 1.56 bits per heavy atom. The lowest BCUT2D eigenvalue weighted by atomic mass is 10.0. The highest BCUT2D eigenvalue weighted by atomic mass is 16.2. The zero-order valence-electron chi connectivity index (χ0n) is 9.00. The molecule has 16 heavy (non-hydrogen) atoms. The number of nitrogens with zero attached hydrogens (tertiary/aromatic N) is 4. The number of amides is 1. The van der Waals surface area contributed by atoms with Crippen LogP contribution in [-0.4, -0.2) is 28.1 Å². The zero-order chi connectivity index (χ0) is 11.5. The third-order valence-electron chi connectivity index (χ3n) is 2.51. The van der Waals surface area contributed by atoms with Crippen LogP contribution in [0.3, 0.4) is 0 Å². The summed E-state index contributed by atoms with van der Waals surface area (Å²) in [6.45, 7) is 2.31. The quantitative estimate of drug-likeness (QED) is 0.785. The Kier molecular flexibility index (Phi) is 2.91. The lowest BCUT2D eigenvalue weighted by molar-refractivity contribution is -0.119. The first-order valence-corrected chi connectivity index (χ1v) is 5.09. The maximum atomic E-state index is 12.0. The molecule has 1 aromatic heterocycles. The van der Waals surface area contributed by atoms with E-state index in [-0.39, 0.29) is 11.8 Å². The first-order valence-electron chi connectivity index (χ1n) is 5.09. The molecule has 6 heteroatoms. The molecule has 0 aliphatic carbocycles. The maximum absolute atomic E-state index is 12.0. The molecule has 0 radical (unpaired) electrons. The van der Waals surface area contributed by atoms with Crippen LogP contribution in [0.4, 0.5) is 5.82 Å². The van der Waals surface area contributed by atoms with Gasteiger partial charge in [0.1, 0.15) is 6.33 Å². The van der Waals surface area contributed by atoms with Crippen molar-refractivity contribution in [3.05, 3.63) is 18.6 Å². The number of hydrogen-bond donors (Lipinski definition) is 1. The van der Waals surface area contributed by atoms with E-state index in [0.717, 1.165) is 5.71 Å². The van der Waals surface area contributed by atoms with Gasteiger partial charge in [-0.05, 0) is 19.9 Å². The zero-order valence-corrected chi connectivity index (χ0v) is 9.00. The molecular weight excluding hydrogens is 206 g/mol. The van der Waals surface area contributed by atoms with Crippen molar-refractivity contribution >= 4 is 17.4 Å². The summed E-state index contributed by atoms with van der Waals surface area (Å²) in [6, 6.07) is 1.65. The molecule has 1 unspecified atom stereocenters. The molecule has 1 aromatic rings. The number of nitrogens with two attached hydrogens (primary N) is 1. The standard InChI is InChI=1S/C10H13N5O/c1-7-8(2-4-11)10(16)15(14-7)9-3-5-12-6-13-9/h3,5-6,8H,2,4,11H2,1H3. The summed E-state index contributed by atoms with van der Waals surface area (Å²) in [4.78, 5) is 19.8. The van der Waals surface area contributed by atoms with Gasteiger partial charge in [-0.2, -0.15) is 10.1 Å². The normalized spacial score (nSPS) is 20.1. The predicted molar refractivity (Wildman–Crippen MR) is 59.8 cm³/mol. The minimum atomic E-state index is -0.208. The third-order valence-corrected chi connectivity index (χ3v) is 2.51. The molecule has 0 bridgehead atoms. The molecular formula is C10H13N5O. The molecule has 1 aliphatic rings. The molecule has 2 rings (SSSR count). The van der Waals surface area contributed by atoms with Gasteiger partial charge in [0.15, 0.2) is 5.82 Å². The van der Waals surface area contributed by atoms with Crippen LogP contribution in [0.5, 0.6) is 0 Å². The fourth-order valence-corrected chi connectivity index (χ4v) is 1.68. The van der Waals surface area contributed by atoms with Crippen molar-refractivity contribution in [2.45, 2.75) is 13.3 Å². The highest BCUT2D eigenvalue weighted by molar-refractivity contribution is 6.14. The van der Waals surface area contributed by atoms with E-state index in [1.165, 1.54) is 11.3 Å². The number of aromatic nitrogens is 2. The van der Waals surface area contributed by atoms with Crippen LogP contribution >= 0.6 is 0 Å². The number of carbonyl (C=O) groups is 1. The molecule has 2 N–H and O–H groups in total. The van der Waals surface area contributed by atoms with Crippen molar-refractivity contribution in [3.63, 3.8) is 0 Å². The second kappa shape index (κ2) is 4.36. The first kappa shape index (κ1) is 10.7. The Morgan fingerprint density at radius 3 is 3.00 bits per heavy atom. The van der Waals surface area contributed by atoms with Gasteiger partial charge < -0.3 is 5.73 Å². The summed E-state index contributed by atoms with van der Waals surface area (Å²) in [6.07, 6.45) is 3.59. The lowest BCUT2D eigenvalue weighted by Crippen LogP contribution is -2.29. The molecule has 0 fully saturated rings. The number of rotatable bonds is 3. The Bertz CT molecular complexity index is 416. The largest absolute Gasteiger partial charge is 0.330 e. The molecule has 0 saturated heterocycles. The van der Waals surface area contributed by atoms with Crippen molar-refractivity contribution in [3.8, 4) is 0 Å². The van der Waals surface area contributed by atoms with E-state index in [1.54, 1.807) is 12.3 Å². The summed E-state index contributed by atoms with van der Waals surface area (Å²) in [5.41, 5.74) is 6.25. The molecule has 1 amide bonds. The van der Waals surface area contributed by atoms with Crippen molar-refractivity contribution in [2.75, 3.05) is 11.6 Å².